The fraction of sp³-hybridized carbons (Fsp3) is 0.944. The van der Waals surface area contributed by atoms with Crippen molar-refractivity contribution in [1.82, 2.24) is 0 Å². The first kappa shape index (κ1) is 88.1. The molecule has 0 amide bonds. The van der Waals surface area contributed by atoms with Gasteiger partial charge in [0.05, 0.1) is 26.4 Å². The van der Waals surface area contributed by atoms with Crippen LogP contribution < -0.4 is 0 Å². The average Bonchev–Trinajstić information content (AvgIpc) is 2.32. The normalized spacial score (nSPS) is 14.4. The maximum atomic E-state index is 13.0. The molecule has 0 radical (unpaired) electrons. The van der Waals surface area contributed by atoms with Crippen LogP contribution in [-0.2, 0) is 65.4 Å². The number of hydrogen-bond acceptors (Lipinski definition) is 15. The van der Waals surface area contributed by atoms with Gasteiger partial charge in [0, 0.05) is 25.7 Å². The number of hydrogen-bond donors (Lipinski definition) is 3. The molecule has 0 bridgehead atoms. The molecule has 0 heterocycles. The summed E-state index contributed by atoms with van der Waals surface area (Å²) in [5.41, 5.74) is 0. The van der Waals surface area contributed by atoms with Crippen molar-refractivity contribution in [2.75, 3.05) is 39.6 Å². The largest absolute Gasteiger partial charge is 0.472 e. The van der Waals surface area contributed by atoms with E-state index < -0.39 is 97.5 Å². The van der Waals surface area contributed by atoms with Gasteiger partial charge >= 0.3 is 39.5 Å². The van der Waals surface area contributed by atoms with E-state index in [1.54, 1.807) is 0 Å². The zero-order valence-corrected chi connectivity index (χ0v) is 60.1. The number of rotatable bonds is 71. The molecule has 3 unspecified atom stereocenters. The van der Waals surface area contributed by atoms with Crippen LogP contribution >= 0.6 is 15.6 Å². The Morgan fingerprint density at radius 2 is 0.533 bits per heavy atom. The SMILES string of the molecule is CCCCCCCCCCCCCCCCCCCC(=O)O[C@H](COC(=O)CCCCCCCCCCCCCCCC)COP(=O)(O)OC[C@@H](O)COP(=O)(O)OC[C@@H](COC(=O)CCCCCCCCC)OC(=O)CCCCCCCCCCC(C)CC. The van der Waals surface area contributed by atoms with Gasteiger partial charge in [0.15, 0.2) is 12.2 Å². The predicted molar refractivity (Wildman–Crippen MR) is 363 cm³/mol. The molecule has 0 fully saturated rings. The van der Waals surface area contributed by atoms with E-state index >= 15 is 0 Å². The van der Waals surface area contributed by atoms with E-state index in [1.165, 1.54) is 180 Å². The van der Waals surface area contributed by atoms with Gasteiger partial charge in [0.25, 0.3) is 0 Å². The highest BCUT2D eigenvalue weighted by molar-refractivity contribution is 7.47. The van der Waals surface area contributed by atoms with E-state index in [0.29, 0.717) is 25.7 Å². The molecule has 0 aromatic heterocycles. The highest BCUT2D eigenvalue weighted by Crippen LogP contribution is 2.45. The Kier molecular flexibility index (Phi) is 63.0. The van der Waals surface area contributed by atoms with E-state index in [4.69, 9.17) is 37.0 Å². The Labute approximate surface area is 549 Å². The Morgan fingerprint density at radius 1 is 0.311 bits per heavy atom. The predicted octanol–water partition coefficient (Wildman–Crippen LogP) is 20.5. The number of aliphatic hydroxyl groups is 1. The van der Waals surface area contributed by atoms with Crippen LogP contribution in [0, 0.1) is 5.92 Å². The van der Waals surface area contributed by atoms with Crippen molar-refractivity contribution in [1.29, 1.82) is 0 Å². The third-order valence-electron chi connectivity index (χ3n) is 16.9. The molecule has 0 aromatic rings. The van der Waals surface area contributed by atoms with Gasteiger partial charge in [-0.3, -0.25) is 37.3 Å². The van der Waals surface area contributed by atoms with Crippen LogP contribution in [0.4, 0.5) is 0 Å². The molecule has 0 aromatic carbocycles. The molecule has 0 saturated heterocycles. The van der Waals surface area contributed by atoms with Gasteiger partial charge in [-0.2, -0.15) is 0 Å². The minimum Gasteiger partial charge on any atom is -0.462 e. The maximum absolute atomic E-state index is 13.0. The van der Waals surface area contributed by atoms with Crippen molar-refractivity contribution in [3.63, 3.8) is 0 Å². The number of esters is 4. The summed E-state index contributed by atoms with van der Waals surface area (Å²) in [5, 5.41) is 10.6. The average molecular weight is 1330 g/mol. The summed E-state index contributed by atoms with van der Waals surface area (Å²) < 4.78 is 68.2. The van der Waals surface area contributed by atoms with Crippen molar-refractivity contribution < 1.29 is 80.2 Å². The molecule has 19 heteroatoms. The molecule has 0 aliphatic carbocycles. The highest BCUT2D eigenvalue weighted by Gasteiger charge is 2.30. The van der Waals surface area contributed by atoms with Gasteiger partial charge in [-0.05, 0) is 31.6 Å². The Bertz CT molecular complexity index is 1740. The lowest BCUT2D eigenvalue weighted by Crippen LogP contribution is -2.30. The molecule has 6 atom stereocenters. The molecular formula is C71H138O17P2. The number of aliphatic hydroxyl groups excluding tert-OH is 1. The maximum Gasteiger partial charge on any atom is 0.472 e. The van der Waals surface area contributed by atoms with Crippen LogP contribution in [0.5, 0.6) is 0 Å². The van der Waals surface area contributed by atoms with Crippen LogP contribution in [-0.4, -0.2) is 96.7 Å². The lowest BCUT2D eigenvalue weighted by atomic mass is 9.99. The number of ether oxygens (including phenoxy) is 4. The summed E-state index contributed by atoms with van der Waals surface area (Å²) in [4.78, 5) is 72.5. The summed E-state index contributed by atoms with van der Waals surface area (Å²) in [7, 11) is -9.90. The van der Waals surface area contributed by atoms with Crippen LogP contribution in [0.25, 0.3) is 0 Å². The minimum absolute atomic E-state index is 0.105. The number of phosphoric ester groups is 2. The van der Waals surface area contributed by atoms with Gasteiger partial charge in [0.2, 0.25) is 0 Å². The van der Waals surface area contributed by atoms with Crippen molar-refractivity contribution >= 4 is 39.5 Å². The van der Waals surface area contributed by atoms with Crippen molar-refractivity contribution in [2.24, 2.45) is 5.92 Å². The molecular weight excluding hydrogens is 1190 g/mol. The van der Waals surface area contributed by atoms with Gasteiger partial charge in [-0.1, -0.05) is 317 Å². The van der Waals surface area contributed by atoms with Gasteiger partial charge < -0.3 is 33.8 Å². The Hall–Kier alpha value is -1.94. The summed E-state index contributed by atoms with van der Waals surface area (Å²) in [6.45, 7) is 7.22. The molecule has 0 spiro atoms. The number of carbonyl (C=O) groups excluding carboxylic acids is 4. The van der Waals surface area contributed by atoms with Crippen molar-refractivity contribution in [3.05, 3.63) is 0 Å². The van der Waals surface area contributed by atoms with Crippen molar-refractivity contribution in [3.8, 4) is 0 Å². The van der Waals surface area contributed by atoms with Gasteiger partial charge in [-0.25, -0.2) is 9.13 Å². The summed E-state index contributed by atoms with van der Waals surface area (Å²) in [6, 6.07) is 0. The lowest BCUT2D eigenvalue weighted by molar-refractivity contribution is -0.161. The Morgan fingerprint density at radius 3 is 0.789 bits per heavy atom. The molecule has 3 N–H and O–H groups in total. The van der Waals surface area contributed by atoms with Crippen LogP contribution in [0.2, 0.25) is 0 Å². The second-order valence-corrected chi connectivity index (χ2v) is 28.8. The summed E-state index contributed by atoms with van der Waals surface area (Å²) in [6.07, 6.45) is 51.4. The minimum atomic E-state index is -4.95. The summed E-state index contributed by atoms with van der Waals surface area (Å²) in [5.74, 6) is -1.36. The first-order chi connectivity index (χ1) is 43.6. The number of phosphoric acid groups is 2. The monoisotopic (exact) mass is 1320 g/mol. The van der Waals surface area contributed by atoms with Crippen LogP contribution in [0.1, 0.15) is 369 Å². The first-order valence-electron chi connectivity index (χ1n) is 37.2. The molecule has 17 nitrogen and oxygen atoms in total. The molecule has 0 rings (SSSR count). The highest BCUT2D eigenvalue weighted by atomic mass is 31.2. The zero-order valence-electron chi connectivity index (χ0n) is 58.3. The van der Waals surface area contributed by atoms with Crippen LogP contribution in [0.15, 0.2) is 0 Å². The Balaban J connectivity index is 5.20. The van der Waals surface area contributed by atoms with E-state index in [9.17, 15) is 43.2 Å². The standard InChI is InChI=1S/C71H138O17P2/c1-6-10-13-16-19-21-23-25-27-28-29-31-33-35-41-46-51-56-70(75)87-67(61-82-69(74)55-50-45-40-34-32-30-26-24-22-20-17-14-11-7-2)63-86-90(79,80)84-59-65(72)58-83-89(77,78)85-62-66(60-81-68(73)54-49-44-38-18-15-12-8-3)88-71(76)57-52-47-42-37-36-39-43-48-53-64(5)9-4/h64-67,72H,6-63H2,1-5H3,(H,77,78)(H,79,80)/t64?,65-,66+,67+/m0/s1. The fourth-order valence-electron chi connectivity index (χ4n) is 10.8. The number of unbranched alkanes of at least 4 members (excludes halogenated alkanes) is 42. The third-order valence-corrected chi connectivity index (χ3v) is 18.8. The molecule has 0 saturated carbocycles. The van der Waals surface area contributed by atoms with E-state index in [-0.39, 0.29) is 25.7 Å². The molecule has 0 aliphatic heterocycles. The number of carbonyl (C=O) groups is 4. The topological polar surface area (TPSA) is 237 Å². The molecule has 90 heavy (non-hydrogen) atoms. The van der Waals surface area contributed by atoms with Gasteiger partial charge in [0.1, 0.15) is 19.3 Å². The molecule has 534 valence electrons. The van der Waals surface area contributed by atoms with E-state index in [0.717, 1.165) is 109 Å². The van der Waals surface area contributed by atoms with Gasteiger partial charge in [-0.15, -0.1) is 0 Å². The fourth-order valence-corrected chi connectivity index (χ4v) is 12.4. The summed E-state index contributed by atoms with van der Waals surface area (Å²) >= 11 is 0. The smallest absolute Gasteiger partial charge is 0.462 e. The third kappa shape index (κ3) is 63.5. The zero-order chi connectivity index (χ0) is 66.3. The second kappa shape index (κ2) is 64.4. The first-order valence-corrected chi connectivity index (χ1v) is 40.2. The van der Waals surface area contributed by atoms with Crippen molar-refractivity contribution in [2.45, 2.75) is 387 Å². The van der Waals surface area contributed by atoms with E-state index in [2.05, 4.69) is 34.6 Å². The second-order valence-electron chi connectivity index (χ2n) is 25.9. The van der Waals surface area contributed by atoms with Crippen LogP contribution in [0.3, 0.4) is 0 Å². The quantitative estimate of drug-likeness (QED) is 0.0222. The lowest BCUT2D eigenvalue weighted by Gasteiger charge is -2.21. The van der Waals surface area contributed by atoms with E-state index in [1.807, 2.05) is 0 Å². The molecule has 0 aliphatic rings.